The van der Waals surface area contributed by atoms with Crippen molar-refractivity contribution in [2.24, 2.45) is 0 Å². The quantitative estimate of drug-likeness (QED) is 0.459. The Morgan fingerprint density at radius 3 is 2.67 bits per heavy atom. The van der Waals surface area contributed by atoms with Gasteiger partial charge in [-0.2, -0.15) is 0 Å². The van der Waals surface area contributed by atoms with Gasteiger partial charge in [-0.3, -0.25) is 9.80 Å². The van der Waals surface area contributed by atoms with Crippen LogP contribution in [0, 0.1) is 0 Å². The van der Waals surface area contributed by atoms with E-state index in [1.165, 1.54) is 4.90 Å². The van der Waals surface area contributed by atoms with Gasteiger partial charge in [0.2, 0.25) is 0 Å². The monoisotopic (exact) mass is 130 g/mol. The van der Waals surface area contributed by atoms with Crippen molar-refractivity contribution in [1.82, 2.24) is 9.80 Å². The maximum atomic E-state index is 10.6. The fourth-order valence-corrected chi connectivity index (χ4v) is 0.736. The van der Waals surface area contributed by atoms with Gasteiger partial charge in [-0.25, -0.2) is 4.79 Å². The molecular formula is C5H10N2O2. The van der Waals surface area contributed by atoms with Crippen LogP contribution in [-0.4, -0.2) is 43.4 Å². The predicted molar refractivity (Wildman–Crippen MR) is 31.7 cm³/mol. The summed E-state index contributed by atoms with van der Waals surface area (Å²) in [7, 11) is 3.60. The normalized spacial score (nSPS) is 22.0. The van der Waals surface area contributed by atoms with Gasteiger partial charge in [0.15, 0.2) is 0 Å². The van der Waals surface area contributed by atoms with E-state index < -0.39 is 0 Å². The van der Waals surface area contributed by atoms with Crippen LogP contribution >= 0.6 is 0 Å². The molecule has 0 N–H and O–H groups in total. The SMILES string of the molecule is CN1COC(=O)N(C)C1. The molecule has 1 aliphatic rings. The summed E-state index contributed by atoms with van der Waals surface area (Å²) >= 11 is 0. The Kier molecular flexibility index (Phi) is 1.57. The number of amides is 1. The fourth-order valence-electron chi connectivity index (χ4n) is 0.736. The standard InChI is InChI=1S/C5H10N2O2/c1-6-3-7(2)5(8)9-4-6/h3-4H2,1-2H3. The van der Waals surface area contributed by atoms with E-state index in [1.54, 1.807) is 7.05 Å². The van der Waals surface area contributed by atoms with Crippen molar-refractivity contribution < 1.29 is 9.53 Å². The number of carbonyl (C=O) groups is 1. The average molecular weight is 130 g/mol. The minimum atomic E-state index is -0.242. The predicted octanol–water partition coefficient (Wildman–Crippen LogP) is -0.0848. The molecule has 1 amide bonds. The zero-order chi connectivity index (χ0) is 6.85. The van der Waals surface area contributed by atoms with Crippen LogP contribution in [0.5, 0.6) is 0 Å². The zero-order valence-electron chi connectivity index (χ0n) is 5.63. The van der Waals surface area contributed by atoms with E-state index in [1.807, 2.05) is 11.9 Å². The Balaban J connectivity index is 2.44. The second kappa shape index (κ2) is 2.23. The number of carbonyl (C=O) groups excluding carboxylic acids is 1. The summed E-state index contributed by atoms with van der Waals surface area (Å²) in [5.74, 6) is 0. The summed E-state index contributed by atoms with van der Waals surface area (Å²) in [5, 5.41) is 0. The van der Waals surface area contributed by atoms with Crippen molar-refractivity contribution >= 4 is 6.09 Å². The summed E-state index contributed by atoms with van der Waals surface area (Å²) in [4.78, 5) is 14.0. The summed E-state index contributed by atoms with van der Waals surface area (Å²) in [6.07, 6.45) is -0.242. The molecular weight excluding hydrogens is 120 g/mol. The van der Waals surface area contributed by atoms with Crippen LogP contribution in [0.2, 0.25) is 0 Å². The minimum Gasteiger partial charge on any atom is -0.433 e. The van der Waals surface area contributed by atoms with E-state index in [9.17, 15) is 4.79 Å². The number of hydrogen-bond donors (Lipinski definition) is 0. The minimum absolute atomic E-state index is 0.242. The molecule has 0 aromatic carbocycles. The van der Waals surface area contributed by atoms with Gasteiger partial charge in [-0.15, -0.1) is 0 Å². The molecule has 0 aromatic rings. The Morgan fingerprint density at radius 1 is 1.56 bits per heavy atom. The lowest BCUT2D eigenvalue weighted by Crippen LogP contribution is -2.44. The third-order valence-electron chi connectivity index (χ3n) is 1.17. The van der Waals surface area contributed by atoms with Crippen LogP contribution in [0.1, 0.15) is 0 Å². The van der Waals surface area contributed by atoms with Crippen molar-refractivity contribution in [3.63, 3.8) is 0 Å². The topological polar surface area (TPSA) is 32.8 Å². The molecule has 4 nitrogen and oxygen atoms in total. The van der Waals surface area contributed by atoms with Gasteiger partial charge in [0.05, 0.1) is 6.67 Å². The summed E-state index contributed by atoms with van der Waals surface area (Å²) in [5.41, 5.74) is 0. The Labute approximate surface area is 54.0 Å². The second-order valence-corrected chi connectivity index (χ2v) is 2.23. The summed E-state index contributed by atoms with van der Waals surface area (Å²) in [6.45, 7) is 1.06. The second-order valence-electron chi connectivity index (χ2n) is 2.23. The van der Waals surface area contributed by atoms with Crippen molar-refractivity contribution in [2.45, 2.75) is 0 Å². The Morgan fingerprint density at radius 2 is 2.22 bits per heavy atom. The van der Waals surface area contributed by atoms with Crippen LogP contribution in [0.4, 0.5) is 4.79 Å². The number of ether oxygens (including phenoxy) is 1. The van der Waals surface area contributed by atoms with E-state index in [2.05, 4.69) is 0 Å². The molecule has 0 radical (unpaired) electrons. The maximum absolute atomic E-state index is 10.6. The third-order valence-corrected chi connectivity index (χ3v) is 1.17. The highest BCUT2D eigenvalue weighted by Gasteiger charge is 2.17. The molecule has 9 heavy (non-hydrogen) atoms. The Hall–Kier alpha value is -0.770. The van der Waals surface area contributed by atoms with Crippen molar-refractivity contribution in [3.8, 4) is 0 Å². The van der Waals surface area contributed by atoms with E-state index in [-0.39, 0.29) is 6.09 Å². The summed E-state index contributed by atoms with van der Waals surface area (Å²) in [6, 6.07) is 0. The van der Waals surface area contributed by atoms with Crippen LogP contribution in [0.25, 0.3) is 0 Å². The van der Waals surface area contributed by atoms with Gasteiger partial charge < -0.3 is 4.74 Å². The summed E-state index contributed by atoms with van der Waals surface area (Å²) < 4.78 is 4.72. The van der Waals surface area contributed by atoms with Gasteiger partial charge in [-0.05, 0) is 7.05 Å². The smallest absolute Gasteiger partial charge is 0.411 e. The molecule has 0 unspecified atom stereocenters. The molecule has 1 rings (SSSR count). The van der Waals surface area contributed by atoms with Gasteiger partial charge in [0.1, 0.15) is 6.73 Å². The first-order valence-electron chi connectivity index (χ1n) is 2.76. The molecule has 1 aliphatic heterocycles. The molecule has 0 bridgehead atoms. The first-order valence-corrected chi connectivity index (χ1v) is 2.76. The van der Waals surface area contributed by atoms with Gasteiger partial charge in [-0.1, -0.05) is 0 Å². The molecule has 1 fully saturated rings. The largest absolute Gasteiger partial charge is 0.433 e. The molecule has 0 atom stereocenters. The van der Waals surface area contributed by atoms with Gasteiger partial charge in [0, 0.05) is 7.05 Å². The highest BCUT2D eigenvalue weighted by Crippen LogP contribution is 1.99. The molecule has 1 saturated heterocycles. The number of rotatable bonds is 0. The van der Waals surface area contributed by atoms with E-state index in [0.717, 1.165) is 0 Å². The number of nitrogens with zero attached hydrogens (tertiary/aromatic N) is 2. The van der Waals surface area contributed by atoms with Crippen LogP contribution in [-0.2, 0) is 4.74 Å². The van der Waals surface area contributed by atoms with E-state index in [4.69, 9.17) is 4.74 Å². The third kappa shape index (κ3) is 1.32. The van der Waals surface area contributed by atoms with E-state index in [0.29, 0.717) is 13.4 Å². The average Bonchev–Trinajstić information content (AvgIpc) is 1.80. The van der Waals surface area contributed by atoms with Crippen molar-refractivity contribution in [3.05, 3.63) is 0 Å². The van der Waals surface area contributed by atoms with Gasteiger partial charge in [0.25, 0.3) is 0 Å². The lowest BCUT2D eigenvalue weighted by Gasteiger charge is -2.29. The number of cyclic esters (lactones) is 1. The molecule has 52 valence electrons. The first-order chi connectivity index (χ1) is 4.20. The molecule has 1 heterocycles. The maximum Gasteiger partial charge on any atom is 0.411 e. The molecule has 0 saturated carbocycles. The molecule has 0 aliphatic carbocycles. The Bertz CT molecular complexity index is 126. The number of hydrogen-bond acceptors (Lipinski definition) is 3. The molecule has 4 heteroatoms. The molecule has 0 spiro atoms. The zero-order valence-corrected chi connectivity index (χ0v) is 5.63. The highest BCUT2D eigenvalue weighted by molar-refractivity contribution is 5.67. The van der Waals surface area contributed by atoms with Gasteiger partial charge >= 0.3 is 6.09 Å². The van der Waals surface area contributed by atoms with Crippen LogP contribution < -0.4 is 0 Å². The van der Waals surface area contributed by atoms with Crippen LogP contribution in [0.15, 0.2) is 0 Å². The van der Waals surface area contributed by atoms with E-state index >= 15 is 0 Å². The van der Waals surface area contributed by atoms with Crippen molar-refractivity contribution in [2.75, 3.05) is 27.5 Å². The first kappa shape index (κ1) is 6.35. The van der Waals surface area contributed by atoms with Crippen molar-refractivity contribution in [1.29, 1.82) is 0 Å². The van der Waals surface area contributed by atoms with Crippen LogP contribution in [0.3, 0.4) is 0 Å². The fraction of sp³-hybridized carbons (Fsp3) is 0.800. The lowest BCUT2D eigenvalue weighted by atomic mass is 10.7. The highest BCUT2D eigenvalue weighted by atomic mass is 16.6. The lowest BCUT2D eigenvalue weighted by molar-refractivity contribution is -0.00399. The molecule has 0 aromatic heterocycles.